The Labute approximate surface area is 100 Å². The van der Waals surface area contributed by atoms with Gasteiger partial charge in [-0.3, -0.25) is 4.79 Å². The Morgan fingerprint density at radius 2 is 2.29 bits per heavy atom. The van der Waals surface area contributed by atoms with E-state index in [1.165, 1.54) is 13.3 Å². The van der Waals surface area contributed by atoms with Crippen LogP contribution >= 0.6 is 34.2 Å². The van der Waals surface area contributed by atoms with Crippen molar-refractivity contribution in [2.45, 2.75) is 20.0 Å². The maximum Gasteiger partial charge on any atom is 0.303 e. The van der Waals surface area contributed by atoms with E-state index < -0.39 is 6.10 Å². The zero-order valence-electron chi connectivity index (χ0n) is 7.62. The molecule has 0 fully saturated rings. The second kappa shape index (κ2) is 4.88. The molecule has 1 atom stereocenters. The first-order valence-corrected chi connectivity index (χ1v) is 5.31. The van der Waals surface area contributed by atoms with Gasteiger partial charge in [-0.1, -0.05) is 11.6 Å². The smallest absolute Gasteiger partial charge is 0.303 e. The van der Waals surface area contributed by atoms with E-state index in [1.54, 1.807) is 6.92 Å². The maximum absolute atomic E-state index is 10.7. The highest BCUT2D eigenvalue weighted by Crippen LogP contribution is 2.24. The lowest BCUT2D eigenvalue weighted by atomic mass is 10.3. The highest BCUT2D eigenvalue weighted by molar-refractivity contribution is 14.1. The molecule has 0 radical (unpaired) electrons. The van der Waals surface area contributed by atoms with E-state index in [0.717, 1.165) is 0 Å². The van der Waals surface area contributed by atoms with Crippen LogP contribution in [0.3, 0.4) is 0 Å². The summed E-state index contributed by atoms with van der Waals surface area (Å²) in [5.74, 6) is -0.344. The third kappa shape index (κ3) is 2.78. The van der Waals surface area contributed by atoms with Gasteiger partial charge in [-0.05, 0) is 29.5 Å². The summed E-state index contributed by atoms with van der Waals surface area (Å²) >= 11 is 7.81. The molecule has 0 saturated carbocycles. The highest BCUT2D eigenvalue weighted by Gasteiger charge is 2.15. The first-order chi connectivity index (χ1) is 6.52. The van der Waals surface area contributed by atoms with Crippen molar-refractivity contribution in [3.8, 4) is 0 Å². The summed E-state index contributed by atoms with van der Waals surface area (Å²) < 4.78 is 5.69. The number of aromatic nitrogens is 2. The predicted octanol–water partition coefficient (Wildman–Crippen LogP) is 2.36. The number of hydrogen-bond donors (Lipinski definition) is 0. The molecule has 4 nitrogen and oxygen atoms in total. The van der Waals surface area contributed by atoms with Gasteiger partial charge in [0.05, 0.1) is 9.26 Å². The van der Waals surface area contributed by atoms with Crippen molar-refractivity contribution in [1.29, 1.82) is 0 Å². The second-order valence-corrected chi connectivity index (χ2v) is 4.05. The minimum absolute atomic E-state index is 0.344. The van der Waals surface area contributed by atoms with Crippen molar-refractivity contribution >= 4 is 40.2 Å². The number of carbonyl (C=O) groups is 1. The lowest BCUT2D eigenvalue weighted by Gasteiger charge is -2.12. The lowest BCUT2D eigenvalue weighted by Crippen LogP contribution is -2.09. The van der Waals surface area contributed by atoms with Crippen molar-refractivity contribution in [3.63, 3.8) is 0 Å². The van der Waals surface area contributed by atoms with E-state index in [4.69, 9.17) is 16.3 Å². The Kier molecular flexibility index (Phi) is 4.06. The third-order valence-electron chi connectivity index (χ3n) is 1.50. The first kappa shape index (κ1) is 11.6. The number of halogens is 2. The normalized spacial score (nSPS) is 12.3. The van der Waals surface area contributed by atoms with Crippen LogP contribution in [0.25, 0.3) is 0 Å². The summed E-state index contributed by atoms with van der Waals surface area (Å²) in [4.78, 5) is 18.5. The molecule has 1 rings (SSSR count). The van der Waals surface area contributed by atoms with Gasteiger partial charge in [0.1, 0.15) is 17.6 Å². The molecule has 1 heterocycles. The monoisotopic (exact) mass is 326 g/mol. The molecule has 1 unspecified atom stereocenters. The second-order valence-electron chi connectivity index (χ2n) is 2.62. The number of esters is 1. The van der Waals surface area contributed by atoms with E-state index in [2.05, 4.69) is 9.97 Å². The van der Waals surface area contributed by atoms with Gasteiger partial charge in [-0.15, -0.1) is 0 Å². The number of hydrogen-bond acceptors (Lipinski definition) is 4. The Morgan fingerprint density at radius 1 is 1.64 bits per heavy atom. The summed E-state index contributed by atoms with van der Waals surface area (Å²) in [6, 6.07) is 0. The van der Waals surface area contributed by atoms with Crippen LogP contribution in [0, 0.1) is 3.57 Å². The van der Waals surface area contributed by atoms with Gasteiger partial charge in [0.25, 0.3) is 0 Å². The lowest BCUT2D eigenvalue weighted by molar-refractivity contribution is -0.146. The molecule has 6 heteroatoms. The molecule has 1 aromatic heterocycles. The Bertz CT molecular complexity index is 359. The van der Waals surface area contributed by atoms with Crippen LogP contribution in [0.5, 0.6) is 0 Å². The largest absolute Gasteiger partial charge is 0.456 e. The highest BCUT2D eigenvalue weighted by atomic mass is 127. The molecule has 0 amide bonds. The number of ether oxygens (including phenoxy) is 1. The third-order valence-corrected chi connectivity index (χ3v) is 3.17. The van der Waals surface area contributed by atoms with Gasteiger partial charge in [0, 0.05) is 6.92 Å². The summed E-state index contributed by atoms with van der Waals surface area (Å²) in [5.41, 5.74) is 0.626. The van der Waals surface area contributed by atoms with Crippen LogP contribution in [0.2, 0.25) is 5.15 Å². The van der Waals surface area contributed by atoms with Crippen molar-refractivity contribution in [2.75, 3.05) is 0 Å². The molecule has 0 N–H and O–H groups in total. The van der Waals surface area contributed by atoms with Crippen molar-refractivity contribution in [1.82, 2.24) is 9.97 Å². The predicted molar refractivity (Wildman–Crippen MR) is 59.9 cm³/mol. The van der Waals surface area contributed by atoms with Crippen LogP contribution in [0.15, 0.2) is 6.33 Å². The number of nitrogens with zero attached hydrogens (tertiary/aromatic N) is 2. The Hall–Kier alpha value is -0.430. The first-order valence-electron chi connectivity index (χ1n) is 3.85. The van der Waals surface area contributed by atoms with Crippen LogP contribution < -0.4 is 0 Å². The molecular weight excluding hydrogens is 318 g/mol. The fourth-order valence-corrected chi connectivity index (χ4v) is 1.81. The quantitative estimate of drug-likeness (QED) is 0.476. The van der Waals surface area contributed by atoms with E-state index in [1.807, 2.05) is 22.6 Å². The maximum atomic E-state index is 10.7. The van der Waals surface area contributed by atoms with Crippen LogP contribution in [0.1, 0.15) is 25.6 Å². The molecule has 0 spiro atoms. The average molecular weight is 327 g/mol. The summed E-state index contributed by atoms with van der Waals surface area (Å²) in [6.07, 6.45) is 0.944. The molecule has 76 valence electrons. The molecule has 0 aliphatic carbocycles. The van der Waals surface area contributed by atoms with Gasteiger partial charge >= 0.3 is 5.97 Å². The Balaban J connectivity index is 2.95. The Morgan fingerprint density at radius 3 is 2.86 bits per heavy atom. The van der Waals surface area contributed by atoms with Crippen LogP contribution in [-0.2, 0) is 9.53 Å². The van der Waals surface area contributed by atoms with E-state index in [9.17, 15) is 4.79 Å². The van der Waals surface area contributed by atoms with E-state index in [-0.39, 0.29) is 5.97 Å². The standard InChI is InChI=1S/C8H8ClIN2O2/c1-4(14-5(2)13)7-6(10)8(9)12-3-11-7/h3-4H,1-2H3. The van der Waals surface area contributed by atoms with Crippen LogP contribution in [0.4, 0.5) is 0 Å². The number of rotatable bonds is 2. The summed E-state index contributed by atoms with van der Waals surface area (Å²) in [5, 5.41) is 0.370. The molecule has 14 heavy (non-hydrogen) atoms. The van der Waals surface area contributed by atoms with E-state index >= 15 is 0 Å². The fourth-order valence-electron chi connectivity index (χ4n) is 0.949. The van der Waals surface area contributed by atoms with Gasteiger partial charge in [0.15, 0.2) is 0 Å². The van der Waals surface area contributed by atoms with Gasteiger partial charge < -0.3 is 4.74 Å². The fraction of sp³-hybridized carbons (Fsp3) is 0.375. The van der Waals surface area contributed by atoms with Crippen molar-refractivity contribution in [2.24, 2.45) is 0 Å². The summed E-state index contributed by atoms with van der Waals surface area (Å²) in [6.45, 7) is 3.09. The molecule has 0 saturated heterocycles. The van der Waals surface area contributed by atoms with Gasteiger partial charge in [-0.25, -0.2) is 9.97 Å². The van der Waals surface area contributed by atoms with Crippen LogP contribution in [-0.4, -0.2) is 15.9 Å². The molecule has 1 aromatic rings. The minimum atomic E-state index is -0.403. The topological polar surface area (TPSA) is 52.1 Å². The average Bonchev–Trinajstić information content (AvgIpc) is 2.08. The minimum Gasteiger partial charge on any atom is -0.456 e. The SMILES string of the molecule is CC(=O)OC(C)c1ncnc(Cl)c1I. The van der Waals surface area contributed by atoms with Crippen molar-refractivity contribution in [3.05, 3.63) is 20.7 Å². The molecule has 0 aromatic carbocycles. The zero-order chi connectivity index (χ0) is 10.7. The van der Waals surface area contributed by atoms with Gasteiger partial charge in [0.2, 0.25) is 0 Å². The van der Waals surface area contributed by atoms with E-state index in [0.29, 0.717) is 14.4 Å². The van der Waals surface area contributed by atoms with Gasteiger partial charge in [-0.2, -0.15) is 0 Å². The molecule has 0 aliphatic rings. The summed E-state index contributed by atoms with van der Waals surface area (Å²) in [7, 11) is 0. The molecule has 0 bridgehead atoms. The van der Waals surface area contributed by atoms with Crippen molar-refractivity contribution < 1.29 is 9.53 Å². The molecule has 0 aliphatic heterocycles. The zero-order valence-corrected chi connectivity index (χ0v) is 10.5. The number of carbonyl (C=O) groups excluding carboxylic acids is 1. The molecular formula is C8H8ClIN2O2.